The van der Waals surface area contributed by atoms with Gasteiger partial charge in [-0.2, -0.15) is 0 Å². The van der Waals surface area contributed by atoms with Crippen molar-refractivity contribution in [1.29, 1.82) is 0 Å². The summed E-state index contributed by atoms with van der Waals surface area (Å²) in [5, 5.41) is 6.67. The van der Waals surface area contributed by atoms with Crippen LogP contribution in [0, 0.1) is 5.92 Å². The van der Waals surface area contributed by atoms with Crippen molar-refractivity contribution in [2.24, 2.45) is 10.9 Å². The van der Waals surface area contributed by atoms with Crippen LogP contribution in [0.15, 0.2) is 35.3 Å². The summed E-state index contributed by atoms with van der Waals surface area (Å²) < 4.78 is 12.2. The summed E-state index contributed by atoms with van der Waals surface area (Å²) in [7, 11) is 0.844. The van der Waals surface area contributed by atoms with Gasteiger partial charge >= 0.3 is 0 Å². The van der Waals surface area contributed by atoms with E-state index in [1.54, 1.807) is 7.05 Å². The largest absolute Gasteiger partial charge is 0.355 e. The van der Waals surface area contributed by atoms with Gasteiger partial charge in [0.15, 0.2) is 5.96 Å². The molecule has 1 aromatic carbocycles. The molecule has 2 N–H and O–H groups in total. The van der Waals surface area contributed by atoms with Gasteiger partial charge in [0.2, 0.25) is 5.91 Å². The van der Waals surface area contributed by atoms with Crippen molar-refractivity contribution in [3.63, 3.8) is 0 Å². The normalized spacial score (nSPS) is 17.0. The number of likely N-dealkylation sites (tertiary alicyclic amines) is 1. The molecule has 2 rings (SSSR count). The Morgan fingerprint density at radius 2 is 1.93 bits per heavy atom. The molecule has 7 heteroatoms. The van der Waals surface area contributed by atoms with Gasteiger partial charge in [0.1, 0.15) is 0 Å². The first-order chi connectivity index (χ1) is 13.0. The number of piperidine rings is 1. The predicted octanol–water partition coefficient (Wildman–Crippen LogP) is 1.75. The number of carbonyl (C=O) groups is 1. The molecule has 6 nitrogen and oxygen atoms in total. The number of hydrogen-bond acceptors (Lipinski definition) is 3. The van der Waals surface area contributed by atoms with Gasteiger partial charge in [-0.15, -0.1) is 0 Å². The third-order valence-corrected chi connectivity index (χ3v) is 5.97. The van der Waals surface area contributed by atoms with Crippen LogP contribution in [0.2, 0.25) is 0 Å². The van der Waals surface area contributed by atoms with Gasteiger partial charge in [0.05, 0.1) is 0 Å². The number of rotatable bonds is 7. The van der Waals surface area contributed by atoms with Gasteiger partial charge in [-0.25, -0.2) is 0 Å². The average Bonchev–Trinajstić information content (AvgIpc) is 2.67. The van der Waals surface area contributed by atoms with Gasteiger partial charge < -0.3 is 15.5 Å². The van der Waals surface area contributed by atoms with Crippen molar-refractivity contribution in [3.05, 3.63) is 35.9 Å². The topological polar surface area (TPSA) is 73.8 Å². The van der Waals surface area contributed by atoms with Gasteiger partial charge in [-0.3, -0.25) is 14.0 Å². The summed E-state index contributed by atoms with van der Waals surface area (Å²) in [5.74, 6) is 2.19. The number of nitrogens with zero attached hydrogens (tertiary/aromatic N) is 2. The highest BCUT2D eigenvalue weighted by Crippen LogP contribution is 2.13. The number of guanidine groups is 1. The molecule has 1 atom stereocenters. The molecule has 0 radical (unpaired) electrons. The monoisotopic (exact) mass is 392 g/mol. The molecule has 1 saturated heterocycles. The number of amides is 1. The van der Waals surface area contributed by atoms with Crippen molar-refractivity contribution >= 4 is 22.7 Å². The minimum Gasteiger partial charge on any atom is -0.355 e. The summed E-state index contributed by atoms with van der Waals surface area (Å²) in [5.41, 5.74) is 1.10. The van der Waals surface area contributed by atoms with E-state index in [0.717, 1.165) is 37.5 Å². The zero-order chi connectivity index (χ0) is 19.6. The van der Waals surface area contributed by atoms with Crippen LogP contribution in [0.3, 0.4) is 0 Å². The van der Waals surface area contributed by atoms with E-state index in [-0.39, 0.29) is 11.8 Å². The smallest absolute Gasteiger partial charge is 0.225 e. The van der Waals surface area contributed by atoms with Crippen LogP contribution >= 0.6 is 0 Å². The van der Waals surface area contributed by atoms with Crippen molar-refractivity contribution in [3.8, 4) is 0 Å². The Balaban J connectivity index is 1.67. The lowest BCUT2D eigenvalue weighted by molar-refractivity contribution is -0.135. The number of aliphatic imine (C=N–C) groups is 1. The highest BCUT2D eigenvalue weighted by Gasteiger charge is 2.24. The molecule has 1 aliphatic rings. The fraction of sp³-hybridized carbons (Fsp3) is 0.600. The minimum atomic E-state index is -0.900. The molecule has 150 valence electrons. The third-order valence-electron chi connectivity index (χ3n) is 4.66. The highest BCUT2D eigenvalue weighted by atomic mass is 32.2. The number of benzene rings is 1. The van der Waals surface area contributed by atoms with Crippen LogP contribution < -0.4 is 10.6 Å². The average molecular weight is 393 g/mol. The molecule has 0 spiro atoms. The fourth-order valence-electron chi connectivity index (χ4n) is 3.11. The number of nitrogens with one attached hydrogen (secondary N) is 2. The van der Waals surface area contributed by atoms with Crippen LogP contribution in [0.5, 0.6) is 0 Å². The first-order valence-electron chi connectivity index (χ1n) is 9.64. The molecule has 0 aromatic heterocycles. The summed E-state index contributed by atoms with van der Waals surface area (Å²) in [6.07, 6.45) is 1.83. The maximum absolute atomic E-state index is 12.2. The molecular formula is C20H32N4O2S. The van der Waals surface area contributed by atoms with Crippen molar-refractivity contribution in [1.82, 2.24) is 15.5 Å². The van der Waals surface area contributed by atoms with Crippen molar-refractivity contribution in [2.75, 3.05) is 32.4 Å². The van der Waals surface area contributed by atoms with E-state index < -0.39 is 10.8 Å². The zero-order valence-corrected chi connectivity index (χ0v) is 17.4. The fourth-order valence-corrected chi connectivity index (χ4v) is 4.15. The summed E-state index contributed by atoms with van der Waals surface area (Å²) >= 11 is 0. The summed E-state index contributed by atoms with van der Waals surface area (Å²) in [4.78, 5) is 18.3. The van der Waals surface area contributed by atoms with Crippen LogP contribution in [-0.2, 0) is 21.3 Å². The Labute approximate surface area is 165 Å². The first kappa shape index (κ1) is 21.4. The maximum atomic E-state index is 12.2. The molecule has 0 saturated carbocycles. The van der Waals surface area contributed by atoms with Gasteiger partial charge in [-0.1, -0.05) is 44.2 Å². The summed E-state index contributed by atoms with van der Waals surface area (Å²) in [6, 6.07) is 10.2. The quantitative estimate of drug-likeness (QED) is 0.548. The SMILES string of the molecule is CN=C(NCCS(=O)Cc1ccccc1)NC1CCN(C(=O)C(C)C)CC1. The van der Waals surface area contributed by atoms with E-state index in [2.05, 4.69) is 15.6 Å². The zero-order valence-electron chi connectivity index (χ0n) is 16.6. The Bertz CT molecular complexity index is 641. The molecule has 1 aliphatic heterocycles. The summed E-state index contributed by atoms with van der Waals surface area (Å²) in [6.45, 7) is 6.07. The second-order valence-electron chi connectivity index (χ2n) is 7.17. The molecule has 0 aliphatic carbocycles. The maximum Gasteiger partial charge on any atom is 0.225 e. The molecule has 1 fully saturated rings. The Morgan fingerprint density at radius 3 is 2.52 bits per heavy atom. The van der Waals surface area contributed by atoms with Gasteiger partial charge in [0, 0.05) is 60.9 Å². The van der Waals surface area contributed by atoms with Crippen LogP contribution in [0.1, 0.15) is 32.3 Å². The lowest BCUT2D eigenvalue weighted by Crippen LogP contribution is -2.50. The van der Waals surface area contributed by atoms with E-state index in [1.807, 2.05) is 49.1 Å². The second kappa shape index (κ2) is 11.1. The molecule has 1 heterocycles. The van der Waals surface area contributed by atoms with Gasteiger partial charge in [-0.05, 0) is 18.4 Å². The lowest BCUT2D eigenvalue weighted by atomic mass is 10.0. The Kier molecular flexibility index (Phi) is 8.78. The highest BCUT2D eigenvalue weighted by molar-refractivity contribution is 7.84. The predicted molar refractivity (Wildman–Crippen MR) is 112 cm³/mol. The molecule has 1 amide bonds. The molecule has 1 unspecified atom stereocenters. The Morgan fingerprint density at radius 1 is 1.26 bits per heavy atom. The third kappa shape index (κ3) is 7.33. The molecule has 1 aromatic rings. The van der Waals surface area contributed by atoms with Crippen LogP contribution in [0.4, 0.5) is 0 Å². The molecule has 0 bridgehead atoms. The second-order valence-corrected chi connectivity index (χ2v) is 8.75. The number of carbonyl (C=O) groups excluding carboxylic acids is 1. The van der Waals surface area contributed by atoms with E-state index in [9.17, 15) is 9.00 Å². The number of hydrogen-bond donors (Lipinski definition) is 2. The molecule has 27 heavy (non-hydrogen) atoms. The standard InChI is InChI=1S/C20H32N4O2S/c1-16(2)19(25)24-12-9-18(10-13-24)23-20(21-3)22-11-14-27(26)15-17-7-5-4-6-8-17/h4-8,16,18H,9-15H2,1-3H3,(H2,21,22,23). The minimum absolute atomic E-state index is 0.0562. The van der Waals surface area contributed by atoms with Gasteiger partial charge in [0.25, 0.3) is 0 Å². The van der Waals surface area contributed by atoms with E-state index in [0.29, 0.717) is 24.1 Å². The van der Waals surface area contributed by atoms with Crippen molar-refractivity contribution < 1.29 is 9.00 Å². The lowest BCUT2D eigenvalue weighted by Gasteiger charge is -2.34. The molecular weight excluding hydrogens is 360 g/mol. The van der Waals surface area contributed by atoms with E-state index in [4.69, 9.17) is 0 Å². The van der Waals surface area contributed by atoms with E-state index in [1.165, 1.54) is 0 Å². The van der Waals surface area contributed by atoms with Crippen LogP contribution in [-0.4, -0.2) is 59.5 Å². The Hall–Kier alpha value is -1.89. The van der Waals surface area contributed by atoms with E-state index >= 15 is 0 Å². The van der Waals surface area contributed by atoms with Crippen molar-refractivity contribution in [2.45, 2.75) is 38.5 Å². The first-order valence-corrected chi connectivity index (χ1v) is 11.1. The van der Waals surface area contributed by atoms with Crippen LogP contribution in [0.25, 0.3) is 0 Å².